The first-order valence-corrected chi connectivity index (χ1v) is 24.0. The number of H-pyrrole nitrogens is 1. The Balaban J connectivity index is 0.971. The predicted molar refractivity (Wildman–Crippen MR) is 240 cm³/mol. The summed E-state index contributed by atoms with van der Waals surface area (Å²) in [5, 5.41) is 28.4. The van der Waals surface area contributed by atoms with Gasteiger partial charge in [0.2, 0.25) is 11.5 Å². The molecule has 3 saturated heterocycles. The molecule has 2 amide bonds. The van der Waals surface area contributed by atoms with Crippen LogP contribution in [0.5, 0.6) is 5.75 Å². The summed E-state index contributed by atoms with van der Waals surface area (Å²) in [4.78, 5) is 49.7. The van der Waals surface area contributed by atoms with Crippen LogP contribution in [0.3, 0.4) is 0 Å². The van der Waals surface area contributed by atoms with Gasteiger partial charge < -0.3 is 35.2 Å². The Hall–Kier alpha value is -5.34. The summed E-state index contributed by atoms with van der Waals surface area (Å²) in [5.41, 5.74) is 5.55. The van der Waals surface area contributed by atoms with Crippen LogP contribution in [-0.4, -0.2) is 77.1 Å². The van der Waals surface area contributed by atoms with Crippen LogP contribution in [0.15, 0.2) is 95.9 Å². The molecule has 2 aromatic heterocycles. The van der Waals surface area contributed by atoms with Gasteiger partial charge in [-0.05, 0) is 97.3 Å². The number of benzene rings is 3. The number of carbonyl (C=O) groups excluding carboxylic acids is 1. The van der Waals surface area contributed by atoms with Gasteiger partial charge in [-0.25, -0.2) is 4.79 Å². The van der Waals surface area contributed by atoms with E-state index in [1.165, 1.54) is 6.07 Å². The Labute approximate surface area is 353 Å². The molecule has 3 aliphatic rings. The van der Waals surface area contributed by atoms with Gasteiger partial charge in [0, 0.05) is 56.2 Å². The molecule has 3 aliphatic heterocycles. The molecule has 13 heteroatoms. The van der Waals surface area contributed by atoms with Crippen molar-refractivity contribution in [3.63, 3.8) is 0 Å². The number of anilines is 2. The number of carboxylic acid groups (broad SMARTS) is 1. The molecule has 2 bridgehead atoms. The van der Waals surface area contributed by atoms with Gasteiger partial charge in [0.15, 0.2) is 8.32 Å². The summed E-state index contributed by atoms with van der Waals surface area (Å²) in [6.07, 6.45) is 4.38. The summed E-state index contributed by atoms with van der Waals surface area (Å²) in [7, 11) is -2.24. The zero-order chi connectivity index (χ0) is 42.7. The molecule has 3 aromatic carbocycles. The number of hydrogen-bond donors (Lipinski definition) is 5. The van der Waals surface area contributed by atoms with Crippen LogP contribution in [0.4, 0.5) is 16.2 Å². The van der Waals surface area contributed by atoms with Gasteiger partial charge in [-0.2, -0.15) is 0 Å². The molecule has 60 heavy (non-hydrogen) atoms. The summed E-state index contributed by atoms with van der Waals surface area (Å²) >= 11 is 0. The number of phenolic OH excluding ortho intramolecular Hbond substituents is 1. The van der Waals surface area contributed by atoms with Gasteiger partial charge in [0.25, 0.3) is 0 Å². The van der Waals surface area contributed by atoms with Crippen LogP contribution in [0.2, 0.25) is 18.1 Å². The van der Waals surface area contributed by atoms with E-state index in [2.05, 4.69) is 65.4 Å². The molecular formula is C47H58N6O6Si. The molecule has 316 valence electrons. The summed E-state index contributed by atoms with van der Waals surface area (Å²) in [6.45, 7) is 14.6. The lowest BCUT2D eigenvalue weighted by molar-refractivity contribution is -0.116. The Morgan fingerprint density at radius 1 is 0.983 bits per heavy atom. The number of nitrogens with zero attached hydrogens (tertiary/aromatic N) is 3. The van der Waals surface area contributed by atoms with Crippen molar-refractivity contribution in [3.8, 4) is 16.9 Å². The summed E-state index contributed by atoms with van der Waals surface area (Å²) in [5.74, 6) is -0.106. The third-order valence-electron chi connectivity index (χ3n) is 12.8. The molecule has 0 radical (unpaired) electrons. The minimum atomic E-state index is -2.24. The number of hydrogen-bond acceptors (Lipinski definition) is 8. The van der Waals surface area contributed by atoms with E-state index in [4.69, 9.17) is 4.43 Å². The lowest BCUT2D eigenvalue weighted by Gasteiger charge is -2.53. The van der Waals surface area contributed by atoms with Crippen LogP contribution >= 0.6 is 0 Å². The van der Waals surface area contributed by atoms with Gasteiger partial charge in [-0.3, -0.25) is 19.5 Å². The molecule has 5 heterocycles. The highest BCUT2D eigenvalue weighted by Crippen LogP contribution is 2.44. The molecule has 5 N–H and O–H groups in total. The van der Waals surface area contributed by atoms with Crippen molar-refractivity contribution in [1.29, 1.82) is 0 Å². The van der Waals surface area contributed by atoms with Crippen LogP contribution < -0.4 is 21.1 Å². The van der Waals surface area contributed by atoms with E-state index in [1.54, 1.807) is 23.2 Å². The van der Waals surface area contributed by atoms with E-state index in [-0.39, 0.29) is 28.4 Å². The van der Waals surface area contributed by atoms with Gasteiger partial charge in [-0.15, -0.1) is 0 Å². The number of pyridine rings is 2. The Morgan fingerprint density at radius 3 is 2.38 bits per heavy atom. The fraction of sp³-hybridized carbons (Fsp3) is 0.404. The second-order valence-electron chi connectivity index (χ2n) is 17.9. The number of phenols is 1. The molecule has 0 saturated carbocycles. The van der Waals surface area contributed by atoms with Crippen molar-refractivity contribution in [2.75, 3.05) is 36.4 Å². The van der Waals surface area contributed by atoms with Crippen LogP contribution in [0.25, 0.3) is 22.0 Å². The zero-order valence-electron chi connectivity index (χ0n) is 35.4. The Morgan fingerprint density at radius 2 is 1.72 bits per heavy atom. The van der Waals surface area contributed by atoms with Crippen LogP contribution in [-0.2, 0) is 22.2 Å². The smallest absolute Gasteiger partial charge is 0.412 e. The quantitative estimate of drug-likeness (QED) is 0.0650. The molecule has 0 unspecified atom stereocenters. The van der Waals surface area contributed by atoms with E-state index in [0.717, 1.165) is 77.9 Å². The minimum Gasteiger partial charge on any atom is -0.506 e. The highest BCUT2D eigenvalue weighted by molar-refractivity contribution is 6.74. The predicted octanol–water partition coefficient (Wildman–Crippen LogP) is 8.83. The fourth-order valence-electron chi connectivity index (χ4n) is 8.38. The largest absolute Gasteiger partial charge is 0.506 e. The number of aromatic hydroxyl groups is 1. The fourth-order valence-corrected chi connectivity index (χ4v) is 9.66. The monoisotopic (exact) mass is 830 g/mol. The zero-order valence-corrected chi connectivity index (χ0v) is 36.4. The highest BCUT2D eigenvalue weighted by Gasteiger charge is 2.47. The number of aromatic nitrogens is 2. The van der Waals surface area contributed by atoms with Crippen LogP contribution in [0.1, 0.15) is 75.8 Å². The first kappa shape index (κ1) is 42.8. The highest BCUT2D eigenvalue weighted by atomic mass is 28.4. The van der Waals surface area contributed by atoms with Gasteiger partial charge in [-0.1, -0.05) is 69.3 Å². The van der Waals surface area contributed by atoms with E-state index >= 15 is 0 Å². The second kappa shape index (κ2) is 17.7. The third-order valence-corrected chi connectivity index (χ3v) is 17.3. The van der Waals surface area contributed by atoms with Crippen molar-refractivity contribution in [1.82, 2.24) is 20.2 Å². The van der Waals surface area contributed by atoms with E-state index in [9.17, 15) is 24.6 Å². The lowest BCUT2D eigenvalue weighted by Crippen LogP contribution is -2.62. The van der Waals surface area contributed by atoms with Crippen molar-refractivity contribution in [2.45, 2.75) is 95.6 Å². The SMILES string of the molecule is CC(C)(C)[Si](C)(C)O[C@@H](CNCc1ccc(NC(=O)CCCc2ccc(-c3ccccc3)c(N(C(=O)O)C34CCN(CC3)CC4)c2)cn1)c1ccc(O)c2[nH]c(=O)ccc12. The maximum absolute atomic E-state index is 13.1. The maximum atomic E-state index is 13.1. The second-order valence-corrected chi connectivity index (χ2v) is 22.6. The minimum absolute atomic E-state index is 0.00773. The van der Waals surface area contributed by atoms with Crippen molar-refractivity contribution >= 4 is 42.6 Å². The molecule has 8 rings (SSSR count). The van der Waals surface area contributed by atoms with E-state index < -0.39 is 19.9 Å². The molecular weight excluding hydrogens is 773 g/mol. The number of fused-ring (bicyclic) bond motifs is 4. The number of aromatic amines is 1. The molecule has 0 aliphatic carbocycles. The molecule has 0 spiro atoms. The molecule has 1 atom stereocenters. The average Bonchev–Trinajstić information content (AvgIpc) is 3.22. The number of aryl methyl sites for hydroxylation is 1. The van der Waals surface area contributed by atoms with Crippen LogP contribution in [0, 0.1) is 0 Å². The first-order chi connectivity index (χ1) is 28.6. The summed E-state index contributed by atoms with van der Waals surface area (Å²) in [6, 6.07) is 26.5. The van der Waals surface area contributed by atoms with Gasteiger partial charge in [0.1, 0.15) is 5.75 Å². The Kier molecular flexibility index (Phi) is 12.6. The number of piperidine rings is 3. The van der Waals surface area contributed by atoms with Gasteiger partial charge >= 0.3 is 6.09 Å². The van der Waals surface area contributed by atoms with E-state index in [1.807, 2.05) is 60.7 Å². The first-order valence-electron chi connectivity index (χ1n) is 21.0. The maximum Gasteiger partial charge on any atom is 0.412 e. The third kappa shape index (κ3) is 9.49. The van der Waals surface area contributed by atoms with Crippen molar-refractivity contribution < 1.29 is 24.2 Å². The lowest BCUT2D eigenvalue weighted by atomic mass is 9.78. The molecule has 12 nitrogen and oxygen atoms in total. The Bertz CT molecular complexity index is 2360. The number of rotatable bonds is 15. The molecule has 3 fully saturated rings. The number of nitrogens with one attached hydrogen (secondary N) is 3. The van der Waals surface area contributed by atoms with Gasteiger partial charge in [0.05, 0.1) is 40.4 Å². The normalized spacial score (nSPS) is 18.3. The standard InChI is InChI=1S/C47H58N6O6Si/c1-46(2,3)60(4,5)59-41(37-18-20-40(54)44-38(37)19-21-43(56)51-44)31-48-29-34-15-16-35(30-49-34)50-42(55)13-9-10-32-14-17-36(33-11-7-6-8-12-33)39(28-32)53(45(57)58)47-22-25-52(26-23-47)27-24-47/h6-8,11-12,14-21,28,30,41,48,54H,9-10,13,22-27,29,31H2,1-5H3,(H,50,55)(H,51,56)(H,57,58)/t41-/m0/s1. The van der Waals surface area contributed by atoms with E-state index in [0.29, 0.717) is 43.6 Å². The number of amides is 2. The summed E-state index contributed by atoms with van der Waals surface area (Å²) < 4.78 is 6.92. The number of carbonyl (C=O) groups is 2. The molecule has 5 aromatic rings. The van der Waals surface area contributed by atoms with Crippen molar-refractivity contribution in [3.05, 3.63) is 118 Å². The van der Waals surface area contributed by atoms with Crippen molar-refractivity contribution in [2.24, 2.45) is 0 Å². The topological polar surface area (TPSA) is 160 Å². The average molecular weight is 831 g/mol.